The van der Waals surface area contributed by atoms with E-state index in [2.05, 4.69) is 10.6 Å². The highest BCUT2D eigenvalue weighted by Crippen LogP contribution is 2.22. The van der Waals surface area contributed by atoms with Crippen LogP contribution in [-0.2, 0) is 6.42 Å². The van der Waals surface area contributed by atoms with Gasteiger partial charge in [-0.1, -0.05) is 18.2 Å². The van der Waals surface area contributed by atoms with Gasteiger partial charge in [-0.15, -0.1) is 0 Å². The number of amides is 1. The number of carbonyl (C=O) groups excluding carboxylic acids is 1. The van der Waals surface area contributed by atoms with Crippen molar-refractivity contribution in [1.29, 1.82) is 0 Å². The summed E-state index contributed by atoms with van der Waals surface area (Å²) in [5, 5.41) is 6.09. The van der Waals surface area contributed by atoms with Gasteiger partial charge in [-0.3, -0.25) is 4.79 Å². The summed E-state index contributed by atoms with van der Waals surface area (Å²) in [6.45, 7) is 2.79. The van der Waals surface area contributed by atoms with Crippen LogP contribution in [0.2, 0.25) is 0 Å². The molecule has 4 nitrogen and oxygen atoms in total. The van der Waals surface area contributed by atoms with E-state index in [0.717, 1.165) is 35.5 Å². The normalized spacial score (nSPS) is 10.3. The summed E-state index contributed by atoms with van der Waals surface area (Å²) >= 11 is 0. The van der Waals surface area contributed by atoms with E-state index in [4.69, 9.17) is 4.74 Å². The Morgan fingerprint density at radius 3 is 2.64 bits per heavy atom. The van der Waals surface area contributed by atoms with Crippen molar-refractivity contribution in [2.75, 3.05) is 26.0 Å². The number of likely N-dealkylation sites (N-methyl/N-ethyl adjacent to an activating group) is 1. The highest BCUT2D eigenvalue weighted by atomic mass is 16.5. The summed E-state index contributed by atoms with van der Waals surface area (Å²) in [5.41, 5.74) is 3.53. The summed E-state index contributed by atoms with van der Waals surface area (Å²) < 4.78 is 5.18. The van der Waals surface area contributed by atoms with E-state index in [-0.39, 0.29) is 5.91 Å². The van der Waals surface area contributed by atoms with Crippen LogP contribution in [-0.4, -0.2) is 26.6 Å². The van der Waals surface area contributed by atoms with Gasteiger partial charge in [-0.25, -0.2) is 0 Å². The molecule has 2 N–H and O–H groups in total. The number of benzene rings is 2. The Balaban J connectivity index is 2.19. The summed E-state index contributed by atoms with van der Waals surface area (Å²) in [6.07, 6.45) is 0.821. The minimum Gasteiger partial charge on any atom is -0.497 e. The largest absolute Gasteiger partial charge is 0.497 e. The third-order valence-corrected chi connectivity index (χ3v) is 3.59. The lowest BCUT2D eigenvalue weighted by atomic mass is 10.0. The summed E-state index contributed by atoms with van der Waals surface area (Å²) in [6, 6.07) is 13.3. The number of methoxy groups -OCH3 is 1. The molecule has 0 fully saturated rings. The van der Waals surface area contributed by atoms with Gasteiger partial charge in [0.25, 0.3) is 5.91 Å². The highest BCUT2D eigenvalue weighted by Gasteiger charge is 2.12. The average Bonchev–Trinajstić information content (AvgIpc) is 2.55. The third-order valence-electron chi connectivity index (χ3n) is 3.59. The molecule has 0 spiro atoms. The monoisotopic (exact) mass is 298 g/mol. The van der Waals surface area contributed by atoms with Crippen molar-refractivity contribution in [2.24, 2.45) is 0 Å². The quantitative estimate of drug-likeness (QED) is 0.862. The second kappa shape index (κ2) is 7.61. The van der Waals surface area contributed by atoms with E-state index in [1.165, 1.54) is 0 Å². The zero-order valence-electron chi connectivity index (χ0n) is 13.3. The Morgan fingerprint density at radius 1 is 1.18 bits per heavy atom. The molecule has 0 bridgehead atoms. The lowest BCUT2D eigenvalue weighted by Crippen LogP contribution is -2.17. The van der Waals surface area contributed by atoms with E-state index >= 15 is 0 Å². The van der Waals surface area contributed by atoms with Crippen LogP contribution in [0.5, 0.6) is 5.75 Å². The van der Waals surface area contributed by atoms with Crippen LogP contribution in [0.4, 0.5) is 5.69 Å². The van der Waals surface area contributed by atoms with Gasteiger partial charge in [0.1, 0.15) is 5.75 Å². The number of anilines is 1. The number of aryl methyl sites for hydroxylation is 1. The fraction of sp³-hybridized carbons (Fsp3) is 0.278. The van der Waals surface area contributed by atoms with E-state index < -0.39 is 0 Å². The minimum absolute atomic E-state index is 0.0834. The molecule has 2 aromatic carbocycles. The Morgan fingerprint density at radius 2 is 1.95 bits per heavy atom. The van der Waals surface area contributed by atoms with Gasteiger partial charge in [-0.05, 0) is 62.3 Å². The van der Waals surface area contributed by atoms with Crippen molar-refractivity contribution in [3.05, 3.63) is 59.2 Å². The maximum absolute atomic E-state index is 12.5. The van der Waals surface area contributed by atoms with Gasteiger partial charge in [0.05, 0.1) is 7.11 Å². The van der Waals surface area contributed by atoms with Crippen molar-refractivity contribution in [1.82, 2.24) is 5.32 Å². The van der Waals surface area contributed by atoms with Crippen LogP contribution in [0.25, 0.3) is 0 Å². The highest BCUT2D eigenvalue weighted by molar-refractivity contribution is 6.05. The smallest absolute Gasteiger partial charge is 0.255 e. The first kappa shape index (κ1) is 16.0. The summed E-state index contributed by atoms with van der Waals surface area (Å²) in [5.74, 6) is 0.699. The standard InChI is InChI=1S/C18H22N2O2/c1-13-12-15(22-3)8-9-17(13)20-18(21)16-7-5-4-6-14(16)10-11-19-2/h4-9,12,19H,10-11H2,1-3H3,(H,20,21). The Labute approximate surface area is 131 Å². The molecule has 0 aromatic heterocycles. The SMILES string of the molecule is CNCCc1ccccc1C(=O)Nc1ccc(OC)cc1C. The van der Waals surface area contributed by atoms with Gasteiger partial charge >= 0.3 is 0 Å². The maximum atomic E-state index is 12.5. The molecule has 0 unspecified atom stereocenters. The molecule has 2 rings (SSSR count). The second-order valence-corrected chi connectivity index (χ2v) is 5.15. The lowest BCUT2D eigenvalue weighted by Gasteiger charge is -2.12. The Kier molecular flexibility index (Phi) is 5.55. The predicted octanol–water partition coefficient (Wildman–Crippen LogP) is 3.02. The Hall–Kier alpha value is -2.33. The predicted molar refractivity (Wildman–Crippen MR) is 89.8 cm³/mol. The fourth-order valence-corrected chi connectivity index (χ4v) is 2.31. The topological polar surface area (TPSA) is 50.4 Å². The minimum atomic E-state index is -0.0834. The zero-order chi connectivity index (χ0) is 15.9. The van der Waals surface area contributed by atoms with Crippen LogP contribution in [0, 0.1) is 6.92 Å². The van der Waals surface area contributed by atoms with Crippen molar-refractivity contribution in [3.63, 3.8) is 0 Å². The number of hydrogen-bond donors (Lipinski definition) is 2. The van der Waals surface area contributed by atoms with Gasteiger partial charge in [0.15, 0.2) is 0 Å². The van der Waals surface area contributed by atoms with Crippen LogP contribution >= 0.6 is 0 Å². The molecule has 0 radical (unpaired) electrons. The van der Waals surface area contributed by atoms with Crippen molar-refractivity contribution >= 4 is 11.6 Å². The first-order chi connectivity index (χ1) is 10.7. The maximum Gasteiger partial charge on any atom is 0.255 e. The molecule has 0 aliphatic carbocycles. The molecule has 4 heteroatoms. The molecule has 0 saturated heterocycles. The van der Waals surface area contributed by atoms with Crippen LogP contribution < -0.4 is 15.4 Å². The van der Waals surface area contributed by atoms with E-state index in [1.54, 1.807) is 7.11 Å². The van der Waals surface area contributed by atoms with Crippen LogP contribution in [0.1, 0.15) is 21.5 Å². The Bertz CT molecular complexity index is 653. The molecular formula is C18H22N2O2. The van der Waals surface area contributed by atoms with Crippen molar-refractivity contribution in [3.8, 4) is 5.75 Å². The van der Waals surface area contributed by atoms with E-state index in [0.29, 0.717) is 5.56 Å². The van der Waals surface area contributed by atoms with Gasteiger partial charge in [0, 0.05) is 11.3 Å². The average molecular weight is 298 g/mol. The van der Waals surface area contributed by atoms with E-state index in [1.807, 2.05) is 56.4 Å². The van der Waals surface area contributed by atoms with Gasteiger partial charge in [-0.2, -0.15) is 0 Å². The second-order valence-electron chi connectivity index (χ2n) is 5.15. The van der Waals surface area contributed by atoms with Gasteiger partial charge < -0.3 is 15.4 Å². The van der Waals surface area contributed by atoms with Crippen LogP contribution in [0.3, 0.4) is 0 Å². The van der Waals surface area contributed by atoms with E-state index in [9.17, 15) is 4.79 Å². The number of nitrogens with one attached hydrogen (secondary N) is 2. The zero-order valence-corrected chi connectivity index (χ0v) is 13.3. The molecule has 0 heterocycles. The first-order valence-corrected chi connectivity index (χ1v) is 7.34. The summed E-state index contributed by atoms with van der Waals surface area (Å²) in [7, 11) is 3.54. The molecule has 0 aliphatic heterocycles. The van der Waals surface area contributed by atoms with Gasteiger partial charge in [0.2, 0.25) is 0 Å². The van der Waals surface area contributed by atoms with Crippen LogP contribution in [0.15, 0.2) is 42.5 Å². The molecule has 0 atom stereocenters. The lowest BCUT2D eigenvalue weighted by molar-refractivity contribution is 0.102. The molecule has 1 amide bonds. The van der Waals surface area contributed by atoms with Crippen molar-refractivity contribution < 1.29 is 9.53 Å². The number of carbonyl (C=O) groups is 1. The number of ether oxygens (including phenoxy) is 1. The number of rotatable bonds is 6. The van der Waals surface area contributed by atoms with Crippen molar-refractivity contribution in [2.45, 2.75) is 13.3 Å². The third kappa shape index (κ3) is 3.86. The fourth-order valence-electron chi connectivity index (χ4n) is 2.31. The molecule has 0 aliphatic rings. The molecule has 22 heavy (non-hydrogen) atoms. The summed E-state index contributed by atoms with van der Waals surface area (Å²) in [4.78, 5) is 12.5. The molecule has 0 saturated carbocycles. The molecular weight excluding hydrogens is 276 g/mol. The molecule has 116 valence electrons. The number of hydrogen-bond acceptors (Lipinski definition) is 3. The molecule has 2 aromatic rings. The first-order valence-electron chi connectivity index (χ1n) is 7.34.